The quantitative estimate of drug-likeness (QED) is 0.756. The summed E-state index contributed by atoms with van der Waals surface area (Å²) in [4.78, 5) is 8.87. The number of aryl methyl sites for hydroxylation is 4. The first-order valence-electron chi connectivity index (χ1n) is 6.47. The molecule has 0 aliphatic rings. The average molecular weight is 271 g/mol. The molecule has 0 atom stereocenters. The molecule has 0 radical (unpaired) electrons. The topological polar surface area (TPSA) is 84.3 Å². The molecule has 104 valence electrons. The fourth-order valence-electron chi connectivity index (χ4n) is 2.27. The van der Waals surface area contributed by atoms with E-state index in [1.165, 1.54) is 5.56 Å². The minimum atomic E-state index is 0.675. The second kappa shape index (κ2) is 4.59. The molecule has 3 heterocycles. The van der Waals surface area contributed by atoms with Crippen molar-refractivity contribution in [2.75, 3.05) is 5.32 Å². The molecule has 0 bridgehead atoms. The Kier molecular flexibility index (Phi) is 2.89. The van der Waals surface area contributed by atoms with Crippen LogP contribution < -0.4 is 5.32 Å². The number of hydrogen-bond acceptors (Lipinski definition) is 5. The van der Waals surface area contributed by atoms with Crippen molar-refractivity contribution < 1.29 is 0 Å². The van der Waals surface area contributed by atoms with Gasteiger partial charge in [0.05, 0.1) is 17.3 Å². The number of rotatable bonds is 3. The summed E-state index contributed by atoms with van der Waals surface area (Å²) in [6.07, 6.45) is 1.78. The predicted octanol–water partition coefficient (Wildman–Crippen LogP) is 1.62. The van der Waals surface area contributed by atoms with Crippen LogP contribution in [-0.2, 0) is 13.6 Å². The Bertz CT molecular complexity index is 749. The zero-order valence-corrected chi connectivity index (χ0v) is 12.0. The van der Waals surface area contributed by atoms with Gasteiger partial charge in [0.25, 0.3) is 0 Å². The highest BCUT2D eigenvalue weighted by molar-refractivity contribution is 5.86. The van der Waals surface area contributed by atoms with E-state index in [4.69, 9.17) is 0 Å². The summed E-state index contributed by atoms with van der Waals surface area (Å²) in [5.74, 6) is 1.53. The molecule has 0 saturated heterocycles. The van der Waals surface area contributed by atoms with Crippen molar-refractivity contribution in [3.05, 3.63) is 29.0 Å². The minimum Gasteiger partial charge on any atom is -0.365 e. The van der Waals surface area contributed by atoms with E-state index in [9.17, 15) is 0 Å². The molecule has 7 heteroatoms. The van der Waals surface area contributed by atoms with Crippen molar-refractivity contribution >= 4 is 16.9 Å². The molecule has 0 saturated carbocycles. The number of nitrogens with one attached hydrogen (secondary N) is 2. The van der Waals surface area contributed by atoms with Crippen molar-refractivity contribution in [2.45, 2.75) is 27.3 Å². The van der Waals surface area contributed by atoms with Gasteiger partial charge in [-0.1, -0.05) is 0 Å². The molecule has 3 rings (SSSR count). The number of fused-ring (bicyclic) bond motifs is 1. The second-order valence-corrected chi connectivity index (χ2v) is 4.89. The Labute approximate surface area is 116 Å². The van der Waals surface area contributed by atoms with Gasteiger partial charge in [0, 0.05) is 24.8 Å². The molecule has 20 heavy (non-hydrogen) atoms. The van der Waals surface area contributed by atoms with Gasteiger partial charge in [-0.2, -0.15) is 10.2 Å². The predicted molar refractivity (Wildman–Crippen MR) is 76.4 cm³/mol. The molecular formula is C13H17N7. The van der Waals surface area contributed by atoms with Gasteiger partial charge in [0.15, 0.2) is 5.65 Å². The molecule has 0 aromatic carbocycles. The fourth-order valence-corrected chi connectivity index (χ4v) is 2.27. The van der Waals surface area contributed by atoms with Crippen LogP contribution in [0.4, 0.5) is 5.82 Å². The summed E-state index contributed by atoms with van der Waals surface area (Å²) in [6.45, 7) is 6.56. The SMILES string of the molecule is Cc1nc(NCc2c(C)n[nH]c2C)c2cnn(C)c2n1. The highest BCUT2D eigenvalue weighted by Crippen LogP contribution is 2.20. The first-order valence-corrected chi connectivity index (χ1v) is 6.47. The molecule has 0 spiro atoms. The summed E-state index contributed by atoms with van der Waals surface area (Å²) in [5, 5.41) is 15.7. The molecule has 0 amide bonds. The van der Waals surface area contributed by atoms with E-state index in [1.807, 2.05) is 27.8 Å². The van der Waals surface area contributed by atoms with Gasteiger partial charge in [0.2, 0.25) is 0 Å². The van der Waals surface area contributed by atoms with Gasteiger partial charge in [-0.25, -0.2) is 9.97 Å². The van der Waals surface area contributed by atoms with Gasteiger partial charge < -0.3 is 5.32 Å². The lowest BCUT2D eigenvalue weighted by molar-refractivity contribution is 0.783. The summed E-state index contributed by atoms with van der Waals surface area (Å²) < 4.78 is 1.75. The van der Waals surface area contributed by atoms with Gasteiger partial charge in [-0.3, -0.25) is 9.78 Å². The van der Waals surface area contributed by atoms with E-state index in [1.54, 1.807) is 10.9 Å². The van der Waals surface area contributed by atoms with Crippen LogP contribution in [-0.4, -0.2) is 29.9 Å². The lowest BCUT2D eigenvalue weighted by Gasteiger charge is -2.08. The number of aromatic nitrogens is 6. The van der Waals surface area contributed by atoms with Crippen LogP contribution in [0, 0.1) is 20.8 Å². The molecule has 3 aromatic rings. The van der Waals surface area contributed by atoms with Crippen molar-refractivity contribution in [1.82, 2.24) is 29.9 Å². The maximum absolute atomic E-state index is 4.47. The van der Waals surface area contributed by atoms with Crippen LogP contribution in [0.2, 0.25) is 0 Å². The van der Waals surface area contributed by atoms with E-state index >= 15 is 0 Å². The maximum atomic E-state index is 4.47. The molecular weight excluding hydrogens is 254 g/mol. The van der Waals surface area contributed by atoms with Crippen LogP contribution in [0.5, 0.6) is 0 Å². The maximum Gasteiger partial charge on any atom is 0.163 e. The molecule has 0 unspecified atom stereocenters. The molecule has 0 aliphatic heterocycles. The van der Waals surface area contributed by atoms with E-state index in [0.717, 1.165) is 34.1 Å². The smallest absolute Gasteiger partial charge is 0.163 e. The van der Waals surface area contributed by atoms with Gasteiger partial charge >= 0.3 is 0 Å². The van der Waals surface area contributed by atoms with Crippen molar-refractivity contribution in [3.8, 4) is 0 Å². The number of H-pyrrole nitrogens is 1. The Morgan fingerprint density at radius 2 is 2.05 bits per heavy atom. The molecule has 0 fully saturated rings. The molecule has 0 aliphatic carbocycles. The van der Waals surface area contributed by atoms with E-state index in [-0.39, 0.29) is 0 Å². The van der Waals surface area contributed by atoms with Gasteiger partial charge in [0.1, 0.15) is 11.6 Å². The fraction of sp³-hybridized carbons (Fsp3) is 0.385. The minimum absolute atomic E-state index is 0.675. The van der Waals surface area contributed by atoms with Crippen LogP contribution in [0.25, 0.3) is 11.0 Å². The number of nitrogens with zero attached hydrogens (tertiary/aromatic N) is 5. The number of aromatic amines is 1. The average Bonchev–Trinajstić information content (AvgIpc) is 2.92. The molecule has 3 aromatic heterocycles. The van der Waals surface area contributed by atoms with Crippen molar-refractivity contribution in [3.63, 3.8) is 0 Å². The highest BCUT2D eigenvalue weighted by Gasteiger charge is 2.11. The standard InChI is InChI=1S/C13H17N7/c1-7-10(8(2)19-18-7)5-14-12-11-6-15-20(4)13(11)17-9(3)16-12/h6H,5H2,1-4H3,(H,18,19)(H,14,16,17). The third-order valence-corrected chi connectivity index (χ3v) is 3.42. The Morgan fingerprint density at radius 1 is 1.25 bits per heavy atom. The highest BCUT2D eigenvalue weighted by atomic mass is 15.3. The van der Waals surface area contributed by atoms with Crippen LogP contribution in [0.3, 0.4) is 0 Å². The Balaban J connectivity index is 1.95. The zero-order chi connectivity index (χ0) is 14.3. The van der Waals surface area contributed by atoms with Gasteiger partial charge in [-0.15, -0.1) is 0 Å². The summed E-state index contributed by atoms with van der Waals surface area (Å²) >= 11 is 0. The van der Waals surface area contributed by atoms with Gasteiger partial charge in [-0.05, 0) is 20.8 Å². The monoisotopic (exact) mass is 271 g/mol. The van der Waals surface area contributed by atoms with Crippen molar-refractivity contribution in [2.24, 2.45) is 7.05 Å². The van der Waals surface area contributed by atoms with Crippen LogP contribution in [0.15, 0.2) is 6.20 Å². The normalized spacial score (nSPS) is 11.2. The zero-order valence-electron chi connectivity index (χ0n) is 12.0. The third kappa shape index (κ3) is 2.01. The first-order chi connectivity index (χ1) is 9.56. The summed E-state index contributed by atoms with van der Waals surface area (Å²) in [6, 6.07) is 0. The molecule has 7 nitrogen and oxygen atoms in total. The lowest BCUT2D eigenvalue weighted by Crippen LogP contribution is -2.05. The number of hydrogen-bond donors (Lipinski definition) is 2. The summed E-state index contributed by atoms with van der Waals surface area (Å²) in [5.41, 5.74) is 4.07. The molecule has 2 N–H and O–H groups in total. The Morgan fingerprint density at radius 3 is 2.75 bits per heavy atom. The van der Waals surface area contributed by atoms with Crippen LogP contribution in [0.1, 0.15) is 22.8 Å². The second-order valence-electron chi connectivity index (χ2n) is 4.89. The third-order valence-electron chi connectivity index (χ3n) is 3.42. The van der Waals surface area contributed by atoms with Crippen LogP contribution >= 0.6 is 0 Å². The first kappa shape index (κ1) is 12.6. The summed E-state index contributed by atoms with van der Waals surface area (Å²) in [7, 11) is 1.88. The van der Waals surface area contributed by atoms with Crippen molar-refractivity contribution in [1.29, 1.82) is 0 Å². The number of anilines is 1. The Hall–Kier alpha value is -2.44. The van der Waals surface area contributed by atoms with E-state index in [2.05, 4.69) is 30.6 Å². The van der Waals surface area contributed by atoms with E-state index < -0.39 is 0 Å². The van der Waals surface area contributed by atoms with E-state index in [0.29, 0.717) is 6.54 Å². The largest absolute Gasteiger partial charge is 0.365 e. The lowest BCUT2D eigenvalue weighted by atomic mass is 10.2.